The van der Waals surface area contributed by atoms with Crippen LogP contribution in [0.4, 0.5) is 10.5 Å². The lowest BCUT2D eigenvalue weighted by Gasteiger charge is -2.38. The maximum absolute atomic E-state index is 13.3. The Kier molecular flexibility index (Phi) is 6.47. The van der Waals surface area contributed by atoms with Gasteiger partial charge in [0.25, 0.3) is 5.56 Å². The van der Waals surface area contributed by atoms with Crippen molar-refractivity contribution in [1.82, 2.24) is 24.2 Å². The molecule has 2 fully saturated rings. The van der Waals surface area contributed by atoms with Gasteiger partial charge in [0.2, 0.25) is 0 Å². The Balaban J connectivity index is 1.29. The van der Waals surface area contributed by atoms with E-state index in [-0.39, 0.29) is 12.1 Å². The number of aliphatic hydroxyl groups is 2. The first-order chi connectivity index (χ1) is 17.8. The van der Waals surface area contributed by atoms with Gasteiger partial charge in [0.05, 0.1) is 29.6 Å². The first-order valence-corrected chi connectivity index (χ1v) is 13.0. The van der Waals surface area contributed by atoms with Crippen LogP contribution in [-0.2, 0) is 11.3 Å². The van der Waals surface area contributed by atoms with E-state index in [9.17, 15) is 19.8 Å². The molecule has 3 aromatic rings. The SMILES string of the molecule is CC1(O)CCN(c2ccc(-n3ncc4c(=O)n(CC5(O)CCN(C(=O)OC(C)(C)C)CC5)cnc43)cc2)C1. The van der Waals surface area contributed by atoms with E-state index in [0.717, 1.165) is 24.3 Å². The number of fused-ring (bicyclic) bond motifs is 1. The number of rotatable bonds is 4. The number of piperidine rings is 1. The number of ether oxygens (including phenoxy) is 1. The highest BCUT2D eigenvalue weighted by atomic mass is 16.6. The van der Waals surface area contributed by atoms with E-state index in [1.54, 1.807) is 9.58 Å². The molecule has 38 heavy (non-hydrogen) atoms. The van der Waals surface area contributed by atoms with Gasteiger partial charge in [-0.05, 0) is 71.2 Å². The number of carbonyl (C=O) groups is 1. The highest BCUT2D eigenvalue weighted by molar-refractivity contribution is 5.75. The van der Waals surface area contributed by atoms with Crippen molar-refractivity contribution in [1.29, 1.82) is 0 Å². The smallest absolute Gasteiger partial charge is 0.410 e. The normalized spacial score (nSPS) is 21.7. The van der Waals surface area contributed by atoms with Crippen molar-refractivity contribution < 1.29 is 19.7 Å². The van der Waals surface area contributed by atoms with Gasteiger partial charge in [0.15, 0.2) is 5.65 Å². The fraction of sp³-hybridized carbons (Fsp3) is 0.556. The number of anilines is 1. The average molecular weight is 525 g/mol. The maximum Gasteiger partial charge on any atom is 0.410 e. The number of nitrogens with zero attached hydrogens (tertiary/aromatic N) is 6. The minimum Gasteiger partial charge on any atom is -0.444 e. The first kappa shape index (κ1) is 26.2. The molecule has 0 saturated carbocycles. The topological polar surface area (TPSA) is 126 Å². The van der Waals surface area contributed by atoms with Crippen LogP contribution in [0.2, 0.25) is 0 Å². The lowest BCUT2D eigenvalue weighted by molar-refractivity contribution is -0.0419. The van der Waals surface area contributed by atoms with Crippen LogP contribution >= 0.6 is 0 Å². The molecule has 11 nitrogen and oxygen atoms in total. The quantitative estimate of drug-likeness (QED) is 0.533. The third-order valence-corrected chi connectivity index (χ3v) is 7.28. The molecule has 204 valence electrons. The van der Waals surface area contributed by atoms with Gasteiger partial charge < -0.3 is 24.7 Å². The number of hydrogen-bond donors (Lipinski definition) is 2. The van der Waals surface area contributed by atoms with Gasteiger partial charge in [-0.15, -0.1) is 0 Å². The molecule has 4 heterocycles. The molecule has 1 amide bonds. The third-order valence-electron chi connectivity index (χ3n) is 7.28. The Hall–Kier alpha value is -3.44. The highest BCUT2D eigenvalue weighted by Gasteiger charge is 2.36. The van der Waals surface area contributed by atoms with E-state index in [1.165, 1.54) is 17.1 Å². The van der Waals surface area contributed by atoms with Crippen LogP contribution < -0.4 is 10.5 Å². The van der Waals surface area contributed by atoms with Crippen molar-refractivity contribution in [3.05, 3.63) is 47.1 Å². The van der Waals surface area contributed by atoms with E-state index < -0.39 is 22.9 Å². The van der Waals surface area contributed by atoms with E-state index >= 15 is 0 Å². The summed E-state index contributed by atoms with van der Waals surface area (Å²) in [4.78, 5) is 33.8. The predicted octanol–water partition coefficient (Wildman–Crippen LogP) is 2.31. The molecule has 0 radical (unpaired) electrons. The van der Waals surface area contributed by atoms with E-state index in [1.807, 2.05) is 52.0 Å². The standard InChI is InChI=1S/C27H36N6O5/c1-25(2,3)38-24(35)30-13-10-27(37,11-14-30)17-32-18-28-22-21(23(32)34)15-29-33(22)20-7-5-19(6-8-20)31-12-9-26(4,36)16-31/h5-8,15,18,36-37H,9-14,16-17H2,1-4H3. The lowest BCUT2D eigenvalue weighted by atomic mass is 9.91. The first-order valence-electron chi connectivity index (χ1n) is 13.0. The molecule has 0 spiro atoms. The summed E-state index contributed by atoms with van der Waals surface area (Å²) in [5, 5.41) is 26.2. The van der Waals surface area contributed by atoms with Crippen molar-refractivity contribution in [2.75, 3.05) is 31.1 Å². The summed E-state index contributed by atoms with van der Waals surface area (Å²) in [6, 6.07) is 7.79. The monoisotopic (exact) mass is 524 g/mol. The van der Waals surface area contributed by atoms with Crippen molar-refractivity contribution in [2.24, 2.45) is 0 Å². The Morgan fingerprint density at radius 3 is 2.32 bits per heavy atom. The number of β-amino-alcohol motifs (C(OH)–C–C–N with tert-alkyl or cyclic N) is 1. The Bertz CT molecular complexity index is 1380. The Morgan fingerprint density at radius 2 is 1.71 bits per heavy atom. The molecule has 0 bridgehead atoms. The lowest BCUT2D eigenvalue weighted by Crippen LogP contribution is -2.50. The number of carbonyl (C=O) groups excluding carboxylic acids is 1. The van der Waals surface area contributed by atoms with Crippen LogP contribution in [-0.4, -0.2) is 83.5 Å². The van der Waals surface area contributed by atoms with Crippen LogP contribution in [0.15, 0.2) is 41.6 Å². The van der Waals surface area contributed by atoms with E-state index in [4.69, 9.17) is 4.74 Å². The number of aromatic nitrogens is 4. The van der Waals surface area contributed by atoms with Gasteiger partial charge in [-0.2, -0.15) is 5.10 Å². The second-order valence-electron chi connectivity index (χ2n) is 11.8. The summed E-state index contributed by atoms with van der Waals surface area (Å²) in [7, 11) is 0. The van der Waals surface area contributed by atoms with Crippen molar-refractivity contribution in [3.8, 4) is 5.69 Å². The Labute approximate surface area is 221 Å². The molecule has 2 aliphatic heterocycles. The largest absolute Gasteiger partial charge is 0.444 e. The van der Waals surface area contributed by atoms with Crippen LogP contribution in [0.25, 0.3) is 16.7 Å². The molecule has 1 aromatic carbocycles. The zero-order chi connectivity index (χ0) is 27.3. The summed E-state index contributed by atoms with van der Waals surface area (Å²) in [6.07, 6.45) is 3.94. The summed E-state index contributed by atoms with van der Waals surface area (Å²) < 4.78 is 8.47. The van der Waals surface area contributed by atoms with E-state index in [0.29, 0.717) is 43.5 Å². The summed E-state index contributed by atoms with van der Waals surface area (Å²) in [6.45, 7) is 9.46. The summed E-state index contributed by atoms with van der Waals surface area (Å²) >= 11 is 0. The van der Waals surface area contributed by atoms with Gasteiger partial charge in [-0.25, -0.2) is 14.5 Å². The van der Waals surface area contributed by atoms with Crippen LogP contribution in [0, 0.1) is 0 Å². The molecule has 5 rings (SSSR count). The summed E-state index contributed by atoms with van der Waals surface area (Å²) in [5.74, 6) is 0. The molecule has 0 aliphatic carbocycles. The van der Waals surface area contributed by atoms with Crippen LogP contribution in [0.1, 0.15) is 47.0 Å². The molecule has 11 heteroatoms. The number of amides is 1. The molecule has 1 unspecified atom stereocenters. The van der Waals surface area contributed by atoms with Crippen LogP contribution in [0.5, 0.6) is 0 Å². The third kappa shape index (κ3) is 5.39. The van der Waals surface area contributed by atoms with Gasteiger partial charge >= 0.3 is 6.09 Å². The van der Waals surface area contributed by atoms with Gasteiger partial charge in [0, 0.05) is 31.9 Å². The number of benzene rings is 1. The molecule has 2 saturated heterocycles. The predicted molar refractivity (Wildman–Crippen MR) is 143 cm³/mol. The van der Waals surface area contributed by atoms with Crippen molar-refractivity contribution in [3.63, 3.8) is 0 Å². The maximum atomic E-state index is 13.3. The Morgan fingerprint density at radius 1 is 1.05 bits per heavy atom. The van der Waals surface area contributed by atoms with Gasteiger partial charge in [0.1, 0.15) is 17.3 Å². The van der Waals surface area contributed by atoms with Gasteiger partial charge in [-0.1, -0.05) is 0 Å². The van der Waals surface area contributed by atoms with Gasteiger partial charge in [-0.3, -0.25) is 9.36 Å². The molecule has 2 aromatic heterocycles. The zero-order valence-corrected chi connectivity index (χ0v) is 22.4. The molecular formula is C27H36N6O5. The van der Waals surface area contributed by atoms with Crippen molar-refractivity contribution in [2.45, 2.75) is 70.3 Å². The second kappa shape index (κ2) is 9.39. The zero-order valence-electron chi connectivity index (χ0n) is 22.4. The van der Waals surface area contributed by atoms with Crippen molar-refractivity contribution >= 4 is 22.8 Å². The molecule has 2 aliphatic rings. The molecule has 1 atom stereocenters. The molecule has 2 N–H and O–H groups in total. The minimum atomic E-state index is -1.14. The number of likely N-dealkylation sites (tertiary alicyclic amines) is 1. The highest BCUT2D eigenvalue weighted by Crippen LogP contribution is 2.28. The fourth-order valence-corrected chi connectivity index (χ4v) is 5.13. The van der Waals surface area contributed by atoms with Crippen LogP contribution in [0.3, 0.4) is 0 Å². The minimum absolute atomic E-state index is 0.0798. The van der Waals surface area contributed by atoms with E-state index in [2.05, 4.69) is 15.0 Å². The molecular weight excluding hydrogens is 488 g/mol. The fourth-order valence-electron chi connectivity index (χ4n) is 5.13. The average Bonchev–Trinajstić information content (AvgIpc) is 3.44. The number of hydrogen-bond acceptors (Lipinski definition) is 8. The summed E-state index contributed by atoms with van der Waals surface area (Å²) in [5.41, 5.74) is -0.444. The second-order valence-corrected chi connectivity index (χ2v) is 11.8.